The number of hydrogen-bond acceptors (Lipinski definition) is 8. The maximum absolute atomic E-state index is 7.57. The van der Waals surface area contributed by atoms with Gasteiger partial charge in [-0.2, -0.15) is 10.1 Å². The number of nitrogens with zero attached hydrogens (tertiary/aromatic N) is 5. The zero-order chi connectivity index (χ0) is 31.7. The van der Waals surface area contributed by atoms with Gasteiger partial charge in [0.25, 0.3) is 0 Å². The van der Waals surface area contributed by atoms with Crippen molar-refractivity contribution >= 4 is 5.65 Å². The van der Waals surface area contributed by atoms with Crippen molar-refractivity contribution in [1.82, 2.24) is 24.7 Å². The predicted molar refractivity (Wildman–Crippen MR) is 172 cm³/mol. The fourth-order valence-electron chi connectivity index (χ4n) is 3.78. The van der Waals surface area contributed by atoms with E-state index in [9.17, 15) is 0 Å². The lowest BCUT2D eigenvalue weighted by Gasteiger charge is -2.26. The summed E-state index contributed by atoms with van der Waals surface area (Å²) in [7, 11) is 0. The van der Waals surface area contributed by atoms with E-state index >= 15 is 0 Å². The minimum Gasteiger partial charge on any atom is -0.478 e. The normalized spacial score (nSPS) is 12.9. The standard InChI is InChI=1S/C22H24N4O2.C8H13NO.C2H6O.C2H6/c1-18-3-5-19(6-4-18)7-8-20-17-21-23-22(9-11-26(21)24-20)28-14-2-10-25-12-15-27-16-13-25;1-6-5-7(10-9-6)8(2,3)4;1-2-3;1-2/h3-6,9,11,17H,2,10,12-16H2,1H3;5H,1-4H3;3H,2H2,1H3;1-2H3. The number of rotatable bonds is 5. The Kier molecular flexibility index (Phi) is 15.5. The molecule has 43 heavy (non-hydrogen) atoms. The Morgan fingerprint density at radius 2 is 1.67 bits per heavy atom. The summed E-state index contributed by atoms with van der Waals surface area (Å²) in [5.74, 6) is 7.80. The highest BCUT2D eigenvalue weighted by Gasteiger charge is 2.18. The Hall–Kier alpha value is -3.71. The van der Waals surface area contributed by atoms with Crippen LogP contribution in [0.25, 0.3) is 5.65 Å². The smallest absolute Gasteiger partial charge is 0.216 e. The lowest BCUT2D eigenvalue weighted by atomic mass is 9.93. The van der Waals surface area contributed by atoms with Crippen LogP contribution in [0.15, 0.2) is 53.2 Å². The Balaban J connectivity index is 0.000000358. The van der Waals surface area contributed by atoms with Crippen LogP contribution in [-0.2, 0) is 10.2 Å². The van der Waals surface area contributed by atoms with Gasteiger partial charge < -0.3 is 19.1 Å². The van der Waals surface area contributed by atoms with Crippen LogP contribution in [0.3, 0.4) is 0 Å². The number of benzene rings is 1. The zero-order valence-corrected chi connectivity index (χ0v) is 27.2. The van der Waals surface area contributed by atoms with E-state index in [4.69, 9.17) is 19.1 Å². The monoisotopic (exact) mass is 591 g/mol. The second-order valence-electron chi connectivity index (χ2n) is 10.8. The molecule has 1 N–H and O–H groups in total. The number of morpholine rings is 1. The summed E-state index contributed by atoms with van der Waals surface area (Å²) in [5, 5.41) is 15.8. The van der Waals surface area contributed by atoms with E-state index in [2.05, 4.69) is 71.8 Å². The third-order valence-electron chi connectivity index (χ3n) is 6.03. The van der Waals surface area contributed by atoms with Crippen LogP contribution < -0.4 is 4.74 Å². The van der Waals surface area contributed by atoms with Crippen LogP contribution >= 0.6 is 0 Å². The third kappa shape index (κ3) is 13.0. The van der Waals surface area contributed by atoms with Gasteiger partial charge in [0.15, 0.2) is 5.65 Å². The lowest BCUT2D eigenvalue weighted by Crippen LogP contribution is -2.37. The van der Waals surface area contributed by atoms with Gasteiger partial charge in [0.05, 0.1) is 25.5 Å². The van der Waals surface area contributed by atoms with Crippen molar-refractivity contribution in [3.63, 3.8) is 0 Å². The van der Waals surface area contributed by atoms with Gasteiger partial charge in [-0.05, 0) is 45.2 Å². The number of hydrogen-bond donors (Lipinski definition) is 1. The summed E-state index contributed by atoms with van der Waals surface area (Å²) in [6, 6.07) is 13.8. The number of aliphatic hydroxyl groups excluding tert-OH is 1. The maximum atomic E-state index is 7.57. The fraction of sp³-hybridized carbons (Fsp3) is 0.500. The van der Waals surface area contributed by atoms with Crippen LogP contribution in [0.1, 0.15) is 76.2 Å². The van der Waals surface area contributed by atoms with Crippen molar-refractivity contribution in [3.8, 4) is 17.7 Å². The third-order valence-corrected chi connectivity index (χ3v) is 6.03. The first kappa shape index (κ1) is 35.5. The molecule has 0 radical (unpaired) electrons. The first-order chi connectivity index (χ1) is 20.7. The molecule has 3 aromatic heterocycles. The summed E-state index contributed by atoms with van der Waals surface area (Å²) in [6.07, 6.45) is 2.83. The minimum absolute atomic E-state index is 0.0846. The molecule has 0 aliphatic carbocycles. The fourth-order valence-corrected chi connectivity index (χ4v) is 3.78. The van der Waals surface area contributed by atoms with Crippen molar-refractivity contribution in [2.45, 2.75) is 67.2 Å². The second kappa shape index (κ2) is 18.7. The average molecular weight is 592 g/mol. The van der Waals surface area contributed by atoms with Gasteiger partial charge in [-0.25, -0.2) is 4.52 Å². The lowest BCUT2D eigenvalue weighted by molar-refractivity contribution is 0.0357. The van der Waals surface area contributed by atoms with Gasteiger partial charge in [0, 0.05) is 61.6 Å². The molecule has 5 rings (SSSR count). The molecule has 0 amide bonds. The van der Waals surface area contributed by atoms with Crippen LogP contribution in [0.2, 0.25) is 0 Å². The Morgan fingerprint density at radius 1 is 1.00 bits per heavy atom. The van der Waals surface area contributed by atoms with Crippen LogP contribution in [0.5, 0.6) is 5.88 Å². The highest BCUT2D eigenvalue weighted by atomic mass is 16.5. The molecule has 1 fully saturated rings. The number of aliphatic hydroxyl groups is 1. The van der Waals surface area contributed by atoms with Gasteiger partial charge in [0.2, 0.25) is 5.88 Å². The quantitative estimate of drug-likeness (QED) is 0.228. The number of ether oxygens (including phenoxy) is 2. The number of aryl methyl sites for hydroxylation is 2. The summed E-state index contributed by atoms with van der Waals surface area (Å²) in [4.78, 5) is 6.93. The highest BCUT2D eigenvalue weighted by molar-refractivity contribution is 5.48. The highest BCUT2D eigenvalue weighted by Crippen LogP contribution is 2.22. The van der Waals surface area contributed by atoms with Gasteiger partial charge in [0.1, 0.15) is 11.5 Å². The second-order valence-corrected chi connectivity index (χ2v) is 10.8. The van der Waals surface area contributed by atoms with Crippen molar-refractivity contribution < 1.29 is 19.1 Å². The van der Waals surface area contributed by atoms with Crippen molar-refractivity contribution in [2.24, 2.45) is 0 Å². The number of aromatic nitrogens is 4. The zero-order valence-electron chi connectivity index (χ0n) is 27.2. The van der Waals surface area contributed by atoms with Crippen LogP contribution in [-0.4, -0.2) is 75.8 Å². The molecule has 1 aliphatic rings. The molecule has 9 nitrogen and oxygen atoms in total. The molecule has 1 aliphatic heterocycles. The van der Waals surface area contributed by atoms with E-state index in [1.807, 2.05) is 57.3 Å². The first-order valence-corrected chi connectivity index (χ1v) is 15.1. The molecule has 0 bridgehead atoms. The van der Waals surface area contributed by atoms with Crippen molar-refractivity contribution in [1.29, 1.82) is 0 Å². The van der Waals surface area contributed by atoms with Gasteiger partial charge in [-0.15, -0.1) is 0 Å². The summed E-state index contributed by atoms with van der Waals surface area (Å²) >= 11 is 0. The largest absolute Gasteiger partial charge is 0.478 e. The molecule has 9 heteroatoms. The number of fused-ring (bicyclic) bond motifs is 1. The van der Waals surface area contributed by atoms with Crippen LogP contribution in [0.4, 0.5) is 0 Å². The van der Waals surface area contributed by atoms with E-state index in [0.29, 0.717) is 18.2 Å². The summed E-state index contributed by atoms with van der Waals surface area (Å²) in [6.45, 7) is 21.6. The maximum Gasteiger partial charge on any atom is 0.216 e. The molecule has 0 unspecified atom stereocenters. The van der Waals surface area contributed by atoms with Gasteiger partial charge in [-0.1, -0.05) is 63.4 Å². The molecule has 1 saturated heterocycles. The molecule has 234 valence electrons. The molecule has 0 atom stereocenters. The molecule has 1 aromatic carbocycles. The minimum atomic E-state index is 0.0846. The average Bonchev–Trinajstić information content (AvgIpc) is 3.63. The van der Waals surface area contributed by atoms with Crippen molar-refractivity contribution in [3.05, 3.63) is 76.9 Å². The van der Waals surface area contributed by atoms with E-state index in [-0.39, 0.29) is 12.0 Å². The Morgan fingerprint density at radius 3 is 2.26 bits per heavy atom. The predicted octanol–water partition coefficient (Wildman–Crippen LogP) is 5.84. The topological polar surface area (TPSA) is 98.2 Å². The molecule has 4 aromatic rings. The first-order valence-electron chi connectivity index (χ1n) is 15.1. The SMILES string of the molecule is CC.CCO.Cc1cc(C(C)(C)C)on1.Cc1ccc(C#Cc2cc3nc(OCCCN4CCOCC4)ccn3n2)cc1. The van der Waals surface area contributed by atoms with E-state index in [1.54, 1.807) is 11.4 Å². The Bertz CT molecular complexity index is 1390. The molecular formula is C34H49N5O4. The molecular weight excluding hydrogens is 542 g/mol. The van der Waals surface area contributed by atoms with Gasteiger partial charge >= 0.3 is 0 Å². The van der Waals surface area contributed by atoms with E-state index in [1.165, 1.54) is 5.56 Å². The molecule has 0 spiro atoms. The van der Waals surface area contributed by atoms with E-state index < -0.39 is 0 Å². The summed E-state index contributed by atoms with van der Waals surface area (Å²) < 4.78 is 18.0. The Labute approximate surface area is 257 Å². The van der Waals surface area contributed by atoms with Gasteiger partial charge in [-0.3, -0.25) is 4.90 Å². The van der Waals surface area contributed by atoms with E-state index in [0.717, 1.165) is 61.9 Å². The molecule has 0 saturated carbocycles. The molecule has 4 heterocycles. The van der Waals surface area contributed by atoms with Crippen molar-refractivity contribution in [2.75, 3.05) is 46.1 Å². The van der Waals surface area contributed by atoms with Crippen LogP contribution in [0, 0.1) is 25.7 Å². The summed E-state index contributed by atoms with van der Waals surface area (Å²) in [5.41, 5.74) is 4.66.